The number of halogens is 3. The number of ether oxygens (including phenoxy) is 5. The van der Waals surface area contributed by atoms with E-state index in [0.29, 0.717) is 13.0 Å². The number of alkyl halides is 3. The summed E-state index contributed by atoms with van der Waals surface area (Å²) < 4.78 is 28.2. The number of nitrogens with one attached hydrogen (secondary N) is 1. The number of hydrogen-bond acceptors (Lipinski definition) is 7. The Bertz CT molecular complexity index is 1020. The van der Waals surface area contributed by atoms with Crippen molar-refractivity contribution in [1.82, 2.24) is 0 Å². The Balaban J connectivity index is 1.95. The first-order chi connectivity index (χ1) is 18.1. The second-order valence-electron chi connectivity index (χ2n) is 9.11. The van der Waals surface area contributed by atoms with Crippen molar-refractivity contribution < 1.29 is 28.5 Å². The molecule has 0 aromatic heterocycles. The fourth-order valence-corrected chi connectivity index (χ4v) is 4.37. The summed E-state index contributed by atoms with van der Waals surface area (Å²) in [7, 11) is 0. The third-order valence-electron chi connectivity index (χ3n) is 6.09. The lowest BCUT2D eigenvalue weighted by atomic mass is 9.96. The number of rotatable bonds is 11. The monoisotopic (exact) mass is 585 g/mol. The SMILES string of the molecule is CCCCOC1C(OC(C)=O)[C@H](OC(=N)C(Cl)(Cl)Cl)OC(C)[C@@H]1OC(Cc1ccccc1)c1ccccc1. The molecule has 10 heteroatoms. The third kappa shape index (κ3) is 8.83. The Morgan fingerprint density at radius 3 is 2.21 bits per heavy atom. The standard InChI is InChI=1S/C28H34Cl3NO6/c1-4-5-16-34-24-23(18(2)35-26(25(24)36-19(3)33)38-27(32)28(29,30)31)37-22(21-14-10-7-11-15-21)17-20-12-8-6-9-13-20/h6-15,18,22-26,32H,4-5,16-17H2,1-3H3/t18?,22?,23-,24?,25?,26-/m0/s1. The number of esters is 1. The van der Waals surface area contributed by atoms with Crippen molar-refractivity contribution in [3.63, 3.8) is 0 Å². The minimum absolute atomic E-state index is 0.346. The summed E-state index contributed by atoms with van der Waals surface area (Å²) in [6.07, 6.45) is -2.37. The van der Waals surface area contributed by atoms with Crippen LogP contribution in [0.1, 0.15) is 50.8 Å². The Kier molecular flexibility index (Phi) is 11.7. The van der Waals surface area contributed by atoms with Crippen LogP contribution in [0.25, 0.3) is 0 Å². The van der Waals surface area contributed by atoms with E-state index >= 15 is 0 Å². The Hall–Kier alpha value is -1.87. The minimum Gasteiger partial charge on any atom is -0.453 e. The second-order valence-corrected chi connectivity index (χ2v) is 11.4. The maximum atomic E-state index is 12.1. The lowest BCUT2D eigenvalue weighted by molar-refractivity contribution is -0.299. The molecule has 1 N–H and O–H groups in total. The quantitative estimate of drug-likeness (QED) is 0.105. The second kappa shape index (κ2) is 14.5. The van der Waals surface area contributed by atoms with E-state index in [2.05, 4.69) is 0 Å². The van der Waals surface area contributed by atoms with E-state index in [9.17, 15) is 4.79 Å². The number of hydrogen-bond donors (Lipinski definition) is 1. The molecular formula is C28H34Cl3NO6. The molecule has 7 nitrogen and oxygen atoms in total. The molecule has 0 radical (unpaired) electrons. The maximum Gasteiger partial charge on any atom is 0.303 e. The molecule has 0 spiro atoms. The van der Waals surface area contributed by atoms with Gasteiger partial charge < -0.3 is 23.7 Å². The zero-order chi connectivity index (χ0) is 27.7. The van der Waals surface area contributed by atoms with Gasteiger partial charge in [-0.05, 0) is 24.5 Å². The Morgan fingerprint density at radius 1 is 1.00 bits per heavy atom. The van der Waals surface area contributed by atoms with E-state index in [1.54, 1.807) is 0 Å². The number of carbonyl (C=O) groups is 1. The predicted octanol–water partition coefficient (Wildman–Crippen LogP) is 6.58. The molecule has 0 amide bonds. The molecule has 0 saturated carbocycles. The van der Waals surface area contributed by atoms with Gasteiger partial charge in [0, 0.05) is 20.0 Å². The average Bonchev–Trinajstić information content (AvgIpc) is 2.87. The zero-order valence-corrected chi connectivity index (χ0v) is 23.9. The molecule has 1 fully saturated rings. The van der Waals surface area contributed by atoms with Gasteiger partial charge in [0.05, 0.1) is 12.2 Å². The van der Waals surface area contributed by atoms with Crippen LogP contribution in [0.3, 0.4) is 0 Å². The Morgan fingerprint density at radius 2 is 1.63 bits per heavy atom. The van der Waals surface area contributed by atoms with Crippen LogP contribution in [0.15, 0.2) is 60.7 Å². The lowest BCUT2D eigenvalue weighted by Gasteiger charge is -2.45. The first-order valence-electron chi connectivity index (χ1n) is 12.6. The largest absolute Gasteiger partial charge is 0.453 e. The van der Waals surface area contributed by atoms with E-state index in [0.717, 1.165) is 24.0 Å². The van der Waals surface area contributed by atoms with Crippen LogP contribution in [-0.4, -0.2) is 53.0 Å². The molecule has 0 bridgehead atoms. The van der Waals surface area contributed by atoms with E-state index in [1.807, 2.05) is 74.5 Å². The molecule has 3 rings (SSSR count). The number of unbranched alkanes of at least 4 members (excludes halogenated alkanes) is 1. The van der Waals surface area contributed by atoms with Crippen LogP contribution in [0.5, 0.6) is 0 Å². The third-order valence-corrected chi connectivity index (χ3v) is 6.60. The molecule has 1 heterocycles. The smallest absolute Gasteiger partial charge is 0.303 e. The number of benzene rings is 2. The van der Waals surface area contributed by atoms with Crippen LogP contribution in [0.4, 0.5) is 0 Å². The Labute approximate surface area is 239 Å². The molecule has 38 heavy (non-hydrogen) atoms. The van der Waals surface area contributed by atoms with Gasteiger partial charge in [0.15, 0.2) is 6.10 Å². The van der Waals surface area contributed by atoms with Crippen molar-refractivity contribution in [2.24, 2.45) is 0 Å². The van der Waals surface area contributed by atoms with Gasteiger partial charge >= 0.3 is 5.97 Å². The molecule has 1 saturated heterocycles. The summed E-state index contributed by atoms with van der Waals surface area (Å²) in [4.78, 5) is 12.1. The average molecular weight is 587 g/mol. The summed E-state index contributed by atoms with van der Waals surface area (Å²) in [6, 6.07) is 19.9. The van der Waals surface area contributed by atoms with Gasteiger partial charge in [-0.25, -0.2) is 0 Å². The first kappa shape index (κ1) is 30.7. The maximum absolute atomic E-state index is 12.1. The highest BCUT2D eigenvalue weighted by Crippen LogP contribution is 2.36. The van der Waals surface area contributed by atoms with E-state index in [1.165, 1.54) is 6.92 Å². The zero-order valence-electron chi connectivity index (χ0n) is 21.6. The molecule has 2 aromatic carbocycles. The predicted molar refractivity (Wildman–Crippen MR) is 148 cm³/mol. The van der Waals surface area contributed by atoms with Crippen molar-refractivity contribution >= 4 is 46.7 Å². The summed E-state index contributed by atoms with van der Waals surface area (Å²) >= 11 is 17.5. The van der Waals surface area contributed by atoms with Crippen molar-refractivity contribution in [3.8, 4) is 0 Å². The number of carbonyl (C=O) groups excluding carboxylic acids is 1. The fraction of sp³-hybridized carbons (Fsp3) is 0.500. The van der Waals surface area contributed by atoms with Crippen LogP contribution in [0.2, 0.25) is 0 Å². The molecule has 2 aromatic rings. The van der Waals surface area contributed by atoms with Gasteiger partial charge in [-0.1, -0.05) is 109 Å². The highest BCUT2D eigenvalue weighted by molar-refractivity contribution is 6.76. The van der Waals surface area contributed by atoms with E-state index in [-0.39, 0.29) is 6.10 Å². The highest BCUT2D eigenvalue weighted by atomic mass is 35.6. The molecule has 1 aliphatic rings. The van der Waals surface area contributed by atoms with Gasteiger partial charge in [-0.2, -0.15) is 0 Å². The normalized spacial score (nSPS) is 24.4. The molecule has 6 atom stereocenters. The lowest BCUT2D eigenvalue weighted by Crippen LogP contribution is -2.61. The molecule has 208 valence electrons. The first-order valence-corrected chi connectivity index (χ1v) is 13.7. The molecule has 1 aliphatic heterocycles. The van der Waals surface area contributed by atoms with Gasteiger partial charge in [0.2, 0.25) is 12.2 Å². The van der Waals surface area contributed by atoms with Gasteiger partial charge in [0.25, 0.3) is 3.79 Å². The van der Waals surface area contributed by atoms with E-state index in [4.69, 9.17) is 63.9 Å². The summed E-state index contributed by atoms with van der Waals surface area (Å²) in [5.41, 5.74) is 2.08. The topological polar surface area (TPSA) is 87.1 Å². The minimum atomic E-state index is -2.12. The van der Waals surface area contributed by atoms with Crippen molar-refractivity contribution in [2.75, 3.05) is 6.61 Å². The summed E-state index contributed by atoms with van der Waals surface area (Å²) in [5, 5.41) is 8.04. The van der Waals surface area contributed by atoms with Gasteiger partial charge in [0.1, 0.15) is 12.2 Å². The van der Waals surface area contributed by atoms with Gasteiger partial charge in [-0.3, -0.25) is 10.2 Å². The van der Waals surface area contributed by atoms with Crippen LogP contribution in [0, 0.1) is 5.41 Å². The van der Waals surface area contributed by atoms with Crippen LogP contribution in [-0.2, 0) is 34.9 Å². The molecule has 4 unspecified atom stereocenters. The summed E-state index contributed by atoms with van der Waals surface area (Å²) in [6.45, 7) is 5.53. The van der Waals surface area contributed by atoms with E-state index < -0.39 is 46.4 Å². The molecular weight excluding hydrogens is 553 g/mol. The van der Waals surface area contributed by atoms with Crippen molar-refractivity contribution in [1.29, 1.82) is 5.41 Å². The van der Waals surface area contributed by atoms with Crippen molar-refractivity contribution in [2.45, 2.75) is 80.6 Å². The highest BCUT2D eigenvalue weighted by Gasteiger charge is 2.51. The molecule has 0 aliphatic carbocycles. The van der Waals surface area contributed by atoms with Crippen molar-refractivity contribution in [3.05, 3.63) is 71.8 Å². The van der Waals surface area contributed by atoms with Crippen LogP contribution < -0.4 is 0 Å². The van der Waals surface area contributed by atoms with Gasteiger partial charge in [-0.15, -0.1) is 0 Å². The fourth-order valence-electron chi connectivity index (χ4n) is 4.24. The van der Waals surface area contributed by atoms with Crippen LogP contribution >= 0.6 is 34.8 Å². The summed E-state index contributed by atoms with van der Waals surface area (Å²) in [5.74, 6) is -1.23.